The fraction of sp³-hybridized carbons (Fsp3) is 0.444. The molecule has 2 N–H and O–H groups in total. The van der Waals surface area contributed by atoms with Crippen LogP contribution in [0.1, 0.15) is 37.6 Å². The van der Waals surface area contributed by atoms with Gasteiger partial charge in [-0.15, -0.1) is 0 Å². The van der Waals surface area contributed by atoms with E-state index in [9.17, 15) is 23.5 Å². The third-order valence-corrected chi connectivity index (χ3v) is 4.04. The molecule has 1 rings (SSSR count). The smallest absolute Gasteiger partial charge is 0.343 e. The quantitative estimate of drug-likeness (QED) is 0.156. The number of carbonyl (C=O) groups is 2. The van der Waals surface area contributed by atoms with Crippen LogP contribution >= 0.6 is 15.9 Å². The molecule has 0 unspecified atom stereocenters. The fourth-order valence-corrected chi connectivity index (χ4v) is 2.58. The van der Waals surface area contributed by atoms with Crippen molar-refractivity contribution in [3.63, 3.8) is 0 Å². The Balaban J connectivity index is 3.21. The summed E-state index contributed by atoms with van der Waals surface area (Å²) < 4.78 is 32.1. The van der Waals surface area contributed by atoms with Crippen LogP contribution in [-0.4, -0.2) is 36.1 Å². The number of aliphatic hydroxyl groups is 1. The van der Waals surface area contributed by atoms with Gasteiger partial charge in [-0.25, -0.2) is 13.6 Å². The monoisotopic (exact) mass is 433 g/mol. The van der Waals surface area contributed by atoms with Crippen LogP contribution in [0.5, 0.6) is 0 Å². The maximum Gasteiger partial charge on any atom is 0.343 e. The summed E-state index contributed by atoms with van der Waals surface area (Å²) in [4.78, 5) is 24.7. The predicted octanol–water partition coefficient (Wildman–Crippen LogP) is 3.35. The predicted molar refractivity (Wildman–Crippen MR) is 96.6 cm³/mol. The molecule has 0 heterocycles. The molecule has 1 aromatic carbocycles. The standard InChI is InChI=1S/C18H22BrF2NO4/c1-4-26-18(25)13(8-22-11(9-23)5-10(2)3)17(24)12-6-14(19)16(21)7-15(12)20/h6-8,10-11,22-23H,4-5,9H2,1-3H3/t11-/m0/s1. The highest BCUT2D eigenvalue weighted by atomic mass is 79.9. The van der Waals surface area contributed by atoms with Crippen molar-refractivity contribution >= 4 is 27.7 Å². The number of ether oxygens (including phenoxy) is 1. The highest BCUT2D eigenvalue weighted by Gasteiger charge is 2.25. The second-order valence-electron chi connectivity index (χ2n) is 6.03. The first-order chi connectivity index (χ1) is 12.2. The van der Waals surface area contributed by atoms with Crippen molar-refractivity contribution in [3.05, 3.63) is 45.6 Å². The number of hydrogen-bond acceptors (Lipinski definition) is 5. The lowest BCUT2D eigenvalue weighted by Crippen LogP contribution is -2.31. The second kappa shape index (κ2) is 10.4. The number of nitrogens with one attached hydrogen (secondary N) is 1. The largest absolute Gasteiger partial charge is 0.462 e. The van der Waals surface area contributed by atoms with Crippen molar-refractivity contribution in [2.24, 2.45) is 5.92 Å². The minimum absolute atomic E-state index is 0.0223. The second-order valence-corrected chi connectivity index (χ2v) is 6.88. The van der Waals surface area contributed by atoms with Gasteiger partial charge < -0.3 is 15.2 Å². The Labute approximate surface area is 159 Å². The number of esters is 1. The number of ketones is 1. The van der Waals surface area contributed by atoms with Crippen molar-refractivity contribution in [3.8, 4) is 0 Å². The van der Waals surface area contributed by atoms with Crippen LogP contribution in [0.3, 0.4) is 0 Å². The Morgan fingerprint density at radius 3 is 2.50 bits per heavy atom. The fourth-order valence-electron chi connectivity index (χ4n) is 2.23. The van der Waals surface area contributed by atoms with Crippen molar-refractivity contribution in [2.45, 2.75) is 33.2 Å². The van der Waals surface area contributed by atoms with Gasteiger partial charge in [-0.1, -0.05) is 13.8 Å². The molecule has 0 spiro atoms. The van der Waals surface area contributed by atoms with Gasteiger partial charge in [0.25, 0.3) is 0 Å². The van der Waals surface area contributed by atoms with E-state index < -0.39 is 40.6 Å². The van der Waals surface area contributed by atoms with E-state index in [2.05, 4.69) is 21.2 Å². The summed E-state index contributed by atoms with van der Waals surface area (Å²) in [5.41, 5.74) is -0.907. The van der Waals surface area contributed by atoms with Gasteiger partial charge >= 0.3 is 5.97 Å². The van der Waals surface area contributed by atoms with E-state index in [4.69, 9.17) is 4.74 Å². The summed E-state index contributed by atoms with van der Waals surface area (Å²) in [6.07, 6.45) is 1.70. The van der Waals surface area contributed by atoms with E-state index in [0.717, 1.165) is 12.3 Å². The molecule has 0 saturated heterocycles. The van der Waals surface area contributed by atoms with Gasteiger partial charge in [0.05, 0.1) is 23.2 Å². The summed E-state index contributed by atoms with van der Waals surface area (Å²) in [6, 6.07) is 1.14. The molecule has 0 fully saturated rings. The zero-order valence-corrected chi connectivity index (χ0v) is 16.4. The third-order valence-electron chi connectivity index (χ3n) is 3.43. The van der Waals surface area contributed by atoms with Crippen LogP contribution in [0.25, 0.3) is 0 Å². The van der Waals surface area contributed by atoms with Crippen LogP contribution in [0, 0.1) is 17.6 Å². The van der Waals surface area contributed by atoms with E-state index in [-0.39, 0.29) is 23.6 Å². The number of hydrogen-bond donors (Lipinski definition) is 2. The maximum atomic E-state index is 14.0. The van der Waals surface area contributed by atoms with Gasteiger partial charge in [-0.2, -0.15) is 0 Å². The summed E-state index contributed by atoms with van der Waals surface area (Å²) in [7, 11) is 0. The molecule has 26 heavy (non-hydrogen) atoms. The number of carbonyl (C=O) groups excluding carboxylic acids is 2. The summed E-state index contributed by atoms with van der Waals surface area (Å²) in [6.45, 7) is 5.29. The van der Waals surface area contributed by atoms with Crippen LogP contribution in [-0.2, 0) is 9.53 Å². The molecule has 0 saturated carbocycles. The SMILES string of the molecule is CCOC(=O)C(=CN[C@H](CO)CC(C)C)C(=O)c1cc(Br)c(F)cc1F. The van der Waals surface area contributed by atoms with E-state index in [1.54, 1.807) is 6.92 Å². The average molecular weight is 434 g/mol. The first kappa shape index (κ1) is 22.2. The minimum atomic E-state index is -1.09. The summed E-state index contributed by atoms with van der Waals surface area (Å²) in [5.74, 6) is -3.58. The zero-order valence-electron chi connectivity index (χ0n) is 14.8. The maximum absolute atomic E-state index is 14.0. The molecule has 0 aliphatic heterocycles. The minimum Gasteiger partial charge on any atom is -0.462 e. The number of rotatable bonds is 9. The van der Waals surface area contributed by atoms with Crippen LogP contribution in [0.2, 0.25) is 0 Å². The van der Waals surface area contributed by atoms with E-state index in [1.807, 2.05) is 13.8 Å². The van der Waals surface area contributed by atoms with Crippen molar-refractivity contribution in [1.29, 1.82) is 0 Å². The highest BCUT2D eigenvalue weighted by Crippen LogP contribution is 2.22. The third kappa shape index (κ3) is 6.17. The Kier molecular flexibility index (Phi) is 8.87. The van der Waals surface area contributed by atoms with Gasteiger partial charge in [0, 0.05) is 18.3 Å². The molecule has 0 radical (unpaired) electrons. The lowest BCUT2D eigenvalue weighted by Gasteiger charge is -2.17. The molecule has 0 aliphatic carbocycles. The average Bonchev–Trinajstić information content (AvgIpc) is 2.56. The van der Waals surface area contributed by atoms with Gasteiger partial charge in [-0.05, 0) is 41.3 Å². The van der Waals surface area contributed by atoms with Crippen molar-refractivity contribution in [2.75, 3.05) is 13.2 Å². The van der Waals surface area contributed by atoms with Crippen molar-refractivity contribution in [1.82, 2.24) is 5.32 Å². The highest BCUT2D eigenvalue weighted by molar-refractivity contribution is 9.10. The van der Waals surface area contributed by atoms with Crippen LogP contribution < -0.4 is 5.32 Å². The van der Waals surface area contributed by atoms with Gasteiger partial charge in [-0.3, -0.25) is 4.79 Å². The number of benzene rings is 1. The zero-order chi connectivity index (χ0) is 19.9. The molecular weight excluding hydrogens is 412 g/mol. The van der Waals surface area contributed by atoms with E-state index >= 15 is 0 Å². The van der Waals surface area contributed by atoms with Crippen LogP contribution in [0.4, 0.5) is 8.78 Å². The molecule has 8 heteroatoms. The molecule has 0 aliphatic rings. The Bertz CT molecular complexity index is 692. The lowest BCUT2D eigenvalue weighted by molar-refractivity contribution is -0.138. The lowest BCUT2D eigenvalue weighted by atomic mass is 10.0. The first-order valence-electron chi connectivity index (χ1n) is 8.14. The summed E-state index contributed by atoms with van der Waals surface area (Å²) in [5, 5.41) is 12.2. The van der Waals surface area contributed by atoms with Crippen molar-refractivity contribution < 1.29 is 28.2 Å². The Morgan fingerprint density at radius 1 is 1.31 bits per heavy atom. The van der Waals surface area contributed by atoms with E-state index in [0.29, 0.717) is 12.5 Å². The number of aliphatic hydroxyl groups excluding tert-OH is 1. The first-order valence-corrected chi connectivity index (χ1v) is 8.93. The topological polar surface area (TPSA) is 75.6 Å². The molecule has 144 valence electrons. The molecule has 0 amide bonds. The van der Waals surface area contributed by atoms with E-state index in [1.165, 1.54) is 0 Å². The Morgan fingerprint density at radius 2 is 1.96 bits per heavy atom. The molecule has 5 nitrogen and oxygen atoms in total. The van der Waals surface area contributed by atoms with Gasteiger partial charge in [0.2, 0.25) is 5.78 Å². The molecule has 0 bridgehead atoms. The van der Waals surface area contributed by atoms with Gasteiger partial charge in [0.15, 0.2) is 0 Å². The molecule has 1 atom stereocenters. The van der Waals surface area contributed by atoms with Crippen LogP contribution in [0.15, 0.2) is 28.4 Å². The molecule has 0 aromatic heterocycles. The Hall–Kier alpha value is -1.80. The number of halogens is 3. The number of Topliss-reactive ketones (excluding diaryl/α,β-unsaturated/α-hetero) is 1. The van der Waals surface area contributed by atoms with Gasteiger partial charge in [0.1, 0.15) is 17.2 Å². The summed E-state index contributed by atoms with van der Waals surface area (Å²) >= 11 is 2.89. The molecule has 1 aromatic rings. The molecular formula is C18H22BrF2NO4. The normalized spacial score (nSPS) is 12.8.